The van der Waals surface area contributed by atoms with E-state index in [1.165, 1.54) is 0 Å². The first-order valence-corrected chi connectivity index (χ1v) is 4.94. The van der Waals surface area contributed by atoms with Gasteiger partial charge in [-0.2, -0.15) is 0 Å². The molecular weight excluding hydrogens is 200 g/mol. The van der Waals surface area contributed by atoms with E-state index in [4.69, 9.17) is 16.3 Å². The van der Waals surface area contributed by atoms with E-state index in [0.29, 0.717) is 12.2 Å². The zero-order chi connectivity index (χ0) is 10.6. The molecule has 0 radical (unpaired) electrons. The summed E-state index contributed by atoms with van der Waals surface area (Å²) in [6, 6.07) is 7.52. The fourth-order valence-electron chi connectivity index (χ4n) is 1.07. The molecular formula is C11H13ClO2. The van der Waals surface area contributed by atoms with Gasteiger partial charge in [0.1, 0.15) is 5.75 Å². The fraction of sp³-hybridized carbons (Fsp3) is 0.364. The Morgan fingerprint density at radius 3 is 2.43 bits per heavy atom. The lowest BCUT2D eigenvalue weighted by atomic mass is 10.2. The lowest BCUT2D eigenvalue weighted by molar-refractivity contribution is -0.117. The molecule has 0 aliphatic heterocycles. The van der Waals surface area contributed by atoms with E-state index in [-0.39, 0.29) is 0 Å². The van der Waals surface area contributed by atoms with Crippen molar-refractivity contribution in [2.45, 2.75) is 26.4 Å². The van der Waals surface area contributed by atoms with Gasteiger partial charge in [0.25, 0.3) is 5.24 Å². The zero-order valence-corrected chi connectivity index (χ0v) is 9.04. The van der Waals surface area contributed by atoms with Crippen molar-refractivity contribution in [3.05, 3.63) is 29.8 Å². The van der Waals surface area contributed by atoms with E-state index in [9.17, 15) is 4.79 Å². The molecule has 0 heterocycles. The average molecular weight is 213 g/mol. The van der Waals surface area contributed by atoms with Crippen molar-refractivity contribution >= 4 is 16.8 Å². The third-order valence-corrected chi connectivity index (χ3v) is 2.17. The highest BCUT2D eigenvalue weighted by Crippen LogP contribution is 2.15. The molecule has 0 fully saturated rings. The number of rotatable bonds is 4. The highest BCUT2D eigenvalue weighted by atomic mass is 35.5. The van der Waals surface area contributed by atoms with E-state index in [2.05, 4.69) is 0 Å². The molecule has 0 aliphatic rings. The number of hydrogen-bond acceptors (Lipinski definition) is 2. The van der Waals surface area contributed by atoms with E-state index < -0.39 is 11.3 Å². The third kappa shape index (κ3) is 3.04. The maximum absolute atomic E-state index is 10.9. The van der Waals surface area contributed by atoms with E-state index >= 15 is 0 Å². The summed E-state index contributed by atoms with van der Waals surface area (Å²) in [7, 11) is 0. The monoisotopic (exact) mass is 212 g/mol. The molecule has 0 spiro atoms. The normalized spacial score (nSPS) is 12.2. The van der Waals surface area contributed by atoms with Gasteiger partial charge in [-0.1, -0.05) is 24.6 Å². The van der Waals surface area contributed by atoms with Crippen LogP contribution in [0.5, 0.6) is 5.75 Å². The van der Waals surface area contributed by atoms with Crippen LogP contribution in [0.4, 0.5) is 0 Å². The summed E-state index contributed by atoms with van der Waals surface area (Å²) in [6.07, 6.45) is 0.0373. The van der Waals surface area contributed by atoms with Crippen molar-refractivity contribution in [2.24, 2.45) is 0 Å². The molecule has 1 atom stereocenters. The Morgan fingerprint density at radius 2 is 2.00 bits per heavy atom. The molecule has 1 aromatic carbocycles. The summed E-state index contributed by atoms with van der Waals surface area (Å²) in [5.41, 5.74) is 1.16. The zero-order valence-electron chi connectivity index (χ0n) is 8.29. The minimum atomic E-state index is -0.542. The Bertz CT molecular complexity index is 306. The van der Waals surface area contributed by atoms with Gasteiger partial charge >= 0.3 is 0 Å². The molecule has 0 aliphatic carbocycles. The quantitative estimate of drug-likeness (QED) is 0.718. The van der Waals surface area contributed by atoms with E-state index in [1.807, 2.05) is 38.1 Å². The maximum Gasteiger partial charge on any atom is 0.262 e. The largest absolute Gasteiger partial charge is 0.481 e. The number of benzene rings is 1. The Morgan fingerprint density at radius 1 is 1.43 bits per heavy atom. The summed E-state index contributed by atoms with van der Waals surface area (Å²) in [5.74, 6) is 0.677. The van der Waals surface area contributed by atoms with Crippen LogP contribution in [0.1, 0.15) is 18.9 Å². The molecule has 0 aromatic heterocycles. The molecule has 0 N–H and O–H groups in total. The molecule has 76 valence electrons. The summed E-state index contributed by atoms with van der Waals surface area (Å²) < 4.78 is 5.40. The minimum absolute atomic E-state index is 0.451. The molecule has 14 heavy (non-hydrogen) atoms. The van der Waals surface area contributed by atoms with Crippen LogP contribution < -0.4 is 4.74 Å². The van der Waals surface area contributed by atoms with Crippen LogP contribution in [0.15, 0.2) is 24.3 Å². The van der Waals surface area contributed by atoms with Crippen LogP contribution in [-0.2, 0) is 4.79 Å². The molecule has 3 heteroatoms. The standard InChI is InChI=1S/C11H13ClO2/c1-3-10(11(12)13)14-9-6-4-8(2)5-7-9/h4-7,10H,3H2,1-2H3/t10-/m1/s1. The van der Waals surface area contributed by atoms with Crippen molar-refractivity contribution < 1.29 is 9.53 Å². The highest BCUT2D eigenvalue weighted by molar-refractivity contribution is 6.64. The van der Waals surface area contributed by atoms with Gasteiger partial charge in [0.2, 0.25) is 0 Å². The Hall–Kier alpha value is -1.02. The van der Waals surface area contributed by atoms with Gasteiger partial charge in [-0.05, 0) is 37.1 Å². The molecule has 0 amide bonds. The van der Waals surface area contributed by atoms with Crippen molar-refractivity contribution in [1.29, 1.82) is 0 Å². The summed E-state index contributed by atoms with van der Waals surface area (Å²) in [5, 5.41) is -0.451. The number of halogens is 1. The third-order valence-electron chi connectivity index (χ3n) is 1.92. The van der Waals surface area contributed by atoms with Crippen LogP contribution in [0.3, 0.4) is 0 Å². The molecule has 1 aromatic rings. The second-order valence-electron chi connectivity index (χ2n) is 3.13. The van der Waals surface area contributed by atoms with E-state index in [0.717, 1.165) is 5.56 Å². The van der Waals surface area contributed by atoms with E-state index in [1.54, 1.807) is 0 Å². The van der Waals surface area contributed by atoms with Crippen LogP contribution in [0, 0.1) is 6.92 Å². The van der Waals surface area contributed by atoms with Crippen LogP contribution in [0.25, 0.3) is 0 Å². The van der Waals surface area contributed by atoms with Gasteiger partial charge in [0.05, 0.1) is 0 Å². The van der Waals surface area contributed by atoms with Crippen LogP contribution in [0.2, 0.25) is 0 Å². The first kappa shape index (κ1) is 11.1. The Labute approximate surface area is 88.8 Å². The van der Waals surface area contributed by atoms with Crippen molar-refractivity contribution in [1.82, 2.24) is 0 Å². The fourth-order valence-corrected chi connectivity index (χ4v) is 1.27. The van der Waals surface area contributed by atoms with Gasteiger partial charge in [-0.3, -0.25) is 4.79 Å². The summed E-state index contributed by atoms with van der Waals surface area (Å²) >= 11 is 5.36. The predicted octanol–water partition coefficient (Wildman–Crippen LogP) is 2.92. The first-order valence-electron chi connectivity index (χ1n) is 4.56. The molecule has 2 nitrogen and oxygen atoms in total. The summed E-state index contributed by atoms with van der Waals surface area (Å²) in [6.45, 7) is 3.85. The van der Waals surface area contributed by atoms with Gasteiger partial charge in [-0.15, -0.1) is 0 Å². The number of ether oxygens (including phenoxy) is 1. The molecule has 0 unspecified atom stereocenters. The lowest BCUT2D eigenvalue weighted by Gasteiger charge is -2.13. The second-order valence-corrected chi connectivity index (χ2v) is 3.50. The van der Waals surface area contributed by atoms with Crippen LogP contribution in [-0.4, -0.2) is 11.3 Å². The SMILES string of the molecule is CC[C@@H](Oc1ccc(C)cc1)C(=O)Cl. The Kier molecular flexibility index (Phi) is 3.96. The second kappa shape index (κ2) is 5.01. The maximum atomic E-state index is 10.9. The number of carbonyl (C=O) groups excluding carboxylic acids is 1. The summed E-state index contributed by atoms with van der Waals surface area (Å²) in [4.78, 5) is 10.9. The molecule has 1 rings (SSSR count). The Balaban J connectivity index is 2.67. The van der Waals surface area contributed by atoms with Gasteiger partial charge in [-0.25, -0.2) is 0 Å². The topological polar surface area (TPSA) is 26.3 Å². The smallest absolute Gasteiger partial charge is 0.262 e. The van der Waals surface area contributed by atoms with Gasteiger partial charge in [0.15, 0.2) is 6.10 Å². The average Bonchev–Trinajstić information content (AvgIpc) is 2.16. The van der Waals surface area contributed by atoms with Crippen molar-refractivity contribution in [2.75, 3.05) is 0 Å². The number of hydrogen-bond donors (Lipinski definition) is 0. The lowest BCUT2D eigenvalue weighted by Crippen LogP contribution is -2.22. The van der Waals surface area contributed by atoms with Crippen molar-refractivity contribution in [3.63, 3.8) is 0 Å². The van der Waals surface area contributed by atoms with Gasteiger partial charge in [0, 0.05) is 0 Å². The number of aryl methyl sites for hydroxylation is 1. The minimum Gasteiger partial charge on any atom is -0.481 e. The number of carbonyl (C=O) groups is 1. The van der Waals surface area contributed by atoms with Crippen LogP contribution >= 0.6 is 11.6 Å². The highest BCUT2D eigenvalue weighted by Gasteiger charge is 2.15. The molecule has 0 bridgehead atoms. The van der Waals surface area contributed by atoms with Crippen molar-refractivity contribution in [3.8, 4) is 5.75 Å². The predicted molar refractivity (Wildman–Crippen MR) is 56.7 cm³/mol. The molecule has 0 saturated heterocycles. The van der Waals surface area contributed by atoms with Gasteiger partial charge < -0.3 is 4.74 Å². The first-order chi connectivity index (χ1) is 6.63. The molecule has 0 saturated carbocycles.